The molecule has 0 aliphatic heterocycles. The third kappa shape index (κ3) is 4.57. The zero-order chi connectivity index (χ0) is 11.8. The third-order valence-corrected chi connectivity index (χ3v) is 3.39. The van der Waals surface area contributed by atoms with Gasteiger partial charge in [-0.2, -0.15) is 0 Å². The van der Waals surface area contributed by atoms with E-state index >= 15 is 0 Å². The maximum atomic E-state index is 5.52. The van der Waals surface area contributed by atoms with Crippen molar-refractivity contribution in [1.29, 1.82) is 0 Å². The maximum absolute atomic E-state index is 5.52. The van der Waals surface area contributed by atoms with Gasteiger partial charge in [0.15, 0.2) is 0 Å². The molecular formula is C11H21N3OS. The first-order valence-electron chi connectivity index (χ1n) is 5.62. The first-order chi connectivity index (χ1) is 7.77. The molecule has 0 fully saturated rings. The van der Waals surface area contributed by atoms with Gasteiger partial charge < -0.3 is 15.8 Å². The average molecular weight is 243 g/mol. The number of nitrogens with zero attached hydrogens (tertiary/aromatic N) is 1. The van der Waals surface area contributed by atoms with Crippen molar-refractivity contribution >= 4 is 11.3 Å². The molecule has 1 aromatic rings. The number of hydrogen-bond acceptors (Lipinski definition) is 5. The van der Waals surface area contributed by atoms with Crippen molar-refractivity contribution in [2.24, 2.45) is 5.73 Å². The van der Waals surface area contributed by atoms with Gasteiger partial charge >= 0.3 is 0 Å². The smallest absolute Gasteiger partial charge is 0.109 e. The van der Waals surface area contributed by atoms with E-state index in [-0.39, 0.29) is 6.04 Å². The normalized spacial score (nSPS) is 14.9. The summed E-state index contributed by atoms with van der Waals surface area (Å²) in [4.78, 5) is 4.30. The van der Waals surface area contributed by atoms with E-state index in [2.05, 4.69) is 17.2 Å². The highest BCUT2D eigenvalue weighted by Gasteiger charge is 2.14. The molecular weight excluding hydrogens is 222 g/mol. The molecule has 1 rings (SSSR count). The Labute approximate surface area is 101 Å². The fraction of sp³-hybridized carbons (Fsp3) is 0.727. The lowest BCUT2D eigenvalue weighted by molar-refractivity contribution is 0.156. The van der Waals surface area contributed by atoms with E-state index < -0.39 is 0 Å². The summed E-state index contributed by atoms with van der Waals surface area (Å²) in [7, 11) is 1.73. The second kappa shape index (κ2) is 7.73. The van der Waals surface area contributed by atoms with Crippen LogP contribution in [-0.4, -0.2) is 31.3 Å². The van der Waals surface area contributed by atoms with E-state index in [0.717, 1.165) is 31.0 Å². The summed E-state index contributed by atoms with van der Waals surface area (Å²) in [6, 6.07) is 0.630. The van der Waals surface area contributed by atoms with Gasteiger partial charge in [0.2, 0.25) is 0 Å². The first kappa shape index (κ1) is 13.6. The lowest BCUT2D eigenvalue weighted by Gasteiger charge is -2.21. The lowest BCUT2D eigenvalue weighted by atomic mass is 10.1. The fourth-order valence-corrected chi connectivity index (χ4v) is 2.31. The Balaban J connectivity index is 2.40. The number of aromatic nitrogens is 1. The second-order valence-corrected chi connectivity index (χ2v) is 4.77. The van der Waals surface area contributed by atoms with Crippen molar-refractivity contribution in [3.8, 4) is 0 Å². The van der Waals surface area contributed by atoms with Gasteiger partial charge in [-0.3, -0.25) is 0 Å². The molecule has 0 aromatic carbocycles. The standard InChI is InChI=1S/C11H21N3OS/c1-9(11-13-6-7-16-11)14-10(8-15-2)4-3-5-12/h6-7,9-10,14H,3-5,8,12H2,1-2H3. The monoisotopic (exact) mass is 243 g/mol. The van der Waals surface area contributed by atoms with E-state index in [1.54, 1.807) is 18.4 Å². The van der Waals surface area contributed by atoms with Crippen molar-refractivity contribution in [3.63, 3.8) is 0 Å². The van der Waals surface area contributed by atoms with Gasteiger partial charge in [-0.15, -0.1) is 11.3 Å². The van der Waals surface area contributed by atoms with Crippen molar-refractivity contribution in [1.82, 2.24) is 10.3 Å². The predicted molar refractivity (Wildman–Crippen MR) is 67.6 cm³/mol. The molecule has 0 amide bonds. The van der Waals surface area contributed by atoms with Crippen LogP contribution in [-0.2, 0) is 4.74 Å². The van der Waals surface area contributed by atoms with Crippen LogP contribution in [0.15, 0.2) is 11.6 Å². The molecule has 2 unspecified atom stereocenters. The summed E-state index contributed by atoms with van der Waals surface area (Å²) >= 11 is 1.68. The number of rotatable bonds is 8. The summed E-state index contributed by atoms with van der Waals surface area (Å²) < 4.78 is 5.20. The van der Waals surface area contributed by atoms with Gasteiger partial charge in [-0.05, 0) is 26.3 Å². The highest BCUT2D eigenvalue weighted by Crippen LogP contribution is 2.16. The van der Waals surface area contributed by atoms with E-state index in [1.165, 1.54) is 0 Å². The molecule has 1 aromatic heterocycles. The molecule has 2 atom stereocenters. The number of nitrogens with one attached hydrogen (secondary N) is 1. The van der Waals surface area contributed by atoms with Crippen molar-refractivity contribution < 1.29 is 4.74 Å². The summed E-state index contributed by atoms with van der Waals surface area (Å²) in [5.74, 6) is 0. The van der Waals surface area contributed by atoms with Crippen molar-refractivity contribution in [2.75, 3.05) is 20.3 Å². The van der Waals surface area contributed by atoms with Crippen LogP contribution in [0.4, 0.5) is 0 Å². The minimum absolute atomic E-state index is 0.276. The summed E-state index contributed by atoms with van der Waals surface area (Å²) in [6.07, 6.45) is 3.90. The van der Waals surface area contributed by atoms with E-state index in [9.17, 15) is 0 Å². The average Bonchev–Trinajstić information content (AvgIpc) is 2.79. The molecule has 3 N–H and O–H groups in total. The Hall–Kier alpha value is -0.490. The fourth-order valence-electron chi connectivity index (χ4n) is 1.65. The Kier molecular flexibility index (Phi) is 6.56. The Morgan fingerprint density at radius 1 is 1.62 bits per heavy atom. The van der Waals surface area contributed by atoms with Crippen LogP contribution in [0.2, 0.25) is 0 Å². The SMILES string of the molecule is COCC(CCCN)NC(C)c1nccs1. The Bertz CT molecular complexity index is 266. The van der Waals surface area contributed by atoms with Gasteiger partial charge in [0.1, 0.15) is 5.01 Å². The number of ether oxygens (including phenoxy) is 1. The third-order valence-electron chi connectivity index (χ3n) is 2.43. The minimum Gasteiger partial charge on any atom is -0.383 e. The molecule has 4 nitrogen and oxygen atoms in total. The quantitative estimate of drug-likeness (QED) is 0.727. The predicted octanol–water partition coefficient (Wildman–Crippen LogP) is 1.55. The van der Waals surface area contributed by atoms with Gasteiger partial charge in [0, 0.05) is 24.7 Å². The summed E-state index contributed by atoms with van der Waals surface area (Å²) in [5, 5.41) is 6.64. The topological polar surface area (TPSA) is 60.2 Å². The molecule has 0 saturated heterocycles. The summed E-state index contributed by atoms with van der Waals surface area (Å²) in [5.41, 5.74) is 5.52. The van der Waals surface area contributed by atoms with Gasteiger partial charge in [0.05, 0.1) is 12.6 Å². The van der Waals surface area contributed by atoms with Crippen LogP contribution in [0.5, 0.6) is 0 Å². The molecule has 0 radical (unpaired) electrons. The minimum atomic E-state index is 0.276. The van der Waals surface area contributed by atoms with E-state index in [1.807, 2.05) is 11.6 Å². The van der Waals surface area contributed by atoms with Crippen molar-refractivity contribution in [2.45, 2.75) is 31.8 Å². The molecule has 0 aliphatic carbocycles. The second-order valence-electron chi connectivity index (χ2n) is 3.84. The highest BCUT2D eigenvalue weighted by molar-refractivity contribution is 7.09. The number of hydrogen-bond donors (Lipinski definition) is 2. The molecule has 0 spiro atoms. The van der Waals surface area contributed by atoms with Crippen LogP contribution < -0.4 is 11.1 Å². The first-order valence-corrected chi connectivity index (χ1v) is 6.50. The van der Waals surface area contributed by atoms with Crippen LogP contribution in [0, 0.1) is 0 Å². The van der Waals surface area contributed by atoms with E-state index in [0.29, 0.717) is 6.04 Å². The van der Waals surface area contributed by atoms with Crippen LogP contribution in [0.25, 0.3) is 0 Å². The zero-order valence-electron chi connectivity index (χ0n) is 9.98. The molecule has 0 aliphatic rings. The van der Waals surface area contributed by atoms with Crippen LogP contribution in [0.1, 0.15) is 30.8 Å². The van der Waals surface area contributed by atoms with Crippen LogP contribution >= 0.6 is 11.3 Å². The number of methoxy groups -OCH3 is 1. The number of thiazole rings is 1. The Morgan fingerprint density at radius 2 is 2.44 bits per heavy atom. The molecule has 16 heavy (non-hydrogen) atoms. The zero-order valence-corrected chi connectivity index (χ0v) is 10.8. The molecule has 0 saturated carbocycles. The van der Waals surface area contributed by atoms with E-state index in [4.69, 9.17) is 10.5 Å². The van der Waals surface area contributed by atoms with Gasteiger partial charge in [-0.25, -0.2) is 4.98 Å². The van der Waals surface area contributed by atoms with Crippen LogP contribution in [0.3, 0.4) is 0 Å². The largest absolute Gasteiger partial charge is 0.383 e. The van der Waals surface area contributed by atoms with Gasteiger partial charge in [-0.1, -0.05) is 0 Å². The van der Waals surface area contributed by atoms with Gasteiger partial charge in [0.25, 0.3) is 0 Å². The Morgan fingerprint density at radius 3 is 3.00 bits per heavy atom. The maximum Gasteiger partial charge on any atom is 0.109 e. The number of nitrogens with two attached hydrogens (primary N) is 1. The van der Waals surface area contributed by atoms with Crippen molar-refractivity contribution in [3.05, 3.63) is 16.6 Å². The summed E-state index contributed by atoms with van der Waals surface area (Å²) in [6.45, 7) is 3.58. The molecule has 92 valence electrons. The molecule has 5 heteroatoms. The molecule has 1 heterocycles. The lowest BCUT2D eigenvalue weighted by Crippen LogP contribution is -2.35. The highest BCUT2D eigenvalue weighted by atomic mass is 32.1. The molecule has 0 bridgehead atoms.